The summed E-state index contributed by atoms with van der Waals surface area (Å²) in [5, 5.41) is 0. The van der Waals surface area contributed by atoms with Gasteiger partial charge in [-0.05, 0) is 37.5 Å². The van der Waals surface area contributed by atoms with Gasteiger partial charge in [-0.3, -0.25) is 0 Å². The topological polar surface area (TPSA) is 9.23 Å². The fraction of sp³-hybridized carbons (Fsp3) is 0.333. The third-order valence-corrected chi connectivity index (χ3v) is 2.89. The van der Waals surface area contributed by atoms with Gasteiger partial charge in [0.15, 0.2) is 0 Å². The van der Waals surface area contributed by atoms with Gasteiger partial charge in [0.25, 0.3) is 0 Å². The molecular formula is C12H15BrO. The largest absolute Gasteiger partial charge is 0.493 e. The smallest absolute Gasteiger partial charge is 0.123 e. The van der Waals surface area contributed by atoms with Gasteiger partial charge in [0.05, 0.1) is 6.61 Å². The predicted octanol–water partition coefficient (Wildman–Crippen LogP) is 4.02. The molecule has 0 aromatic heterocycles. The SMILES string of the molecule is C=CCCOc1cc(Br)c(C)cc1C. The lowest BCUT2D eigenvalue weighted by Gasteiger charge is -2.10. The molecule has 0 atom stereocenters. The summed E-state index contributed by atoms with van der Waals surface area (Å²) in [4.78, 5) is 0. The Kier molecular flexibility index (Phi) is 4.21. The number of aryl methyl sites for hydroxylation is 2. The molecule has 1 rings (SSSR count). The van der Waals surface area contributed by atoms with Crippen molar-refractivity contribution in [3.8, 4) is 5.75 Å². The van der Waals surface area contributed by atoms with Crippen molar-refractivity contribution in [1.82, 2.24) is 0 Å². The van der Waals surface area contributed by atoms with Crippen LogP contribution in [0, 0.1) is 13.8 Å². The zero-order valence-corrected chi connectivity index (χ0v) is 10.2. The highest BCUT2D eigenvalue weighted by Gasteiger charge is 2.02. The normalized spacial score (nSPS) is 9.93. The molecule has 0 saturated carbocycles. The van der Waals surface area contributed by atoms with Gasteiger partial charge in [0, 0.05) is 4.47 Å². The number of rotatable bonds is 4. The van der Waals surface area contributed by atoms with Crippen LogP contribution >= 0.6 is 15.9 Å². The highest BCUT2D eigenvalue weighted by Crippen LogP contribution is 2.26. The third kappa shape index (κ3) is 2.88. The number of hydrogen-bond acceptors (Lipinski definition) is 1. The highest BCUT2D eigenvalue weighted by atomic mass is 79.9. The molecule has 1 nitrogen and oxygen atoms in total. The molecule has 0 radical (unpaired) electrons. The summed E-state index contributed by atoms with van der Waals surface area (Å²) in [5.74, 6) is 0.948. The third-order valence-electron chi connectivity index (χ3n) is 2.04. The lowest BCUT2D eigenvalue weighted by Crippen LogP contribution is -1.97. The monoisotopic (exact) mass is 254 g/mol. The zero-order chi connectivity index (χ0) is 10.6. The molecule has 0 fully saturated rings. The molecule has 14 heavy (non-hydrogen) atoms. The second-order valence-electron chi connectivity index (χ2n) is 3.29. The van der Waals surface area contributed by atoms with Gasteiger partial charge in [0.2, 0.25) is 0 Å². The van der Waals surface area contributed by atoms with Crippen LogP contribution in [0.4, 0.5) is 0 Å². The van der Waals surface area contributed by atoms with Crippen molar-refractivity contribution in [2.24, 2.45) is 0 Å². The first-order valence-electron chi connectivity index (χ1n) is 4.65. The van der Waals surface area contributed by atoms with E-state index >= 15 is 0 Å². The molecular weight excluding hydrogens is 240 g/mol. The minimum atomic E-state index is 0.694. The lowest BCUT2D eigenvalue weighted by molar-refractivity contribution is 0.322. The fourth-order valence-electron chi connectivity index (χ4n) is 1.22. The van der Waals surface area contributed by atoms with E-state index in [1.54, 1.807) is 0 Å². The number of benzene rings is 1. The summed E-state index contributed by atoms with van der Waals surface area (Å²) < 4.78 is 6.71. The van der Waals surface area contributed by atoms with Gasteiger partial charge in [0.1, 0.15) is 5.75 Å². The average Bonchev–Trinajstić information content (AvgIpc) is 2.14. The maximum absolute atomic E-state index is 5.61. The standard InChI is InChI=1S/C12H15BrO/c1-4-5-6-14-12-8-11(13)9(2)7-10(12)3/h4,7-8H,1,5-6H2,2-3H3. The Morgan fingerprint density at radius 2 is 2.07 bits per heavy atom. The Labute approximate surface area is 93.9 Å². The Bertz CT molecular complexity index is 331. The molecule has 1 aromatic rings. The van der Waals surface area contributed by atoms with E-state index in [1.807, 2.05) is 12.1 Å². The molecule has 76 valence electrons. The van der Waals surface area contributed by atoms with E-state index in [0.717, 1.165) is 16.6 Å². The van der Waals surface area contributed by atoms with Crippen molar-refractivity contribution in [3.05, 3.63) is 40.4 Å². The van der Waals surface area contributed by atoms with Crippen LogP contribution in [0.5, 0.6) is 5.75 Å². The predicted molar refractivity (Wildman–Crippen MR) is 63.9 cm³/mol. The van der Waals surface area contributed by atoms with Crippen molar-refractivity contribution < 1.29 is 4.74 Å². The minimum absolute atomic E-state index is 0.694. The van der Waals surface area contributed by atoms with Crippen LogP contribution in [0.3, 0.4) is 0 Å². The van der Waals surface area contributed by atoms with E-state index in [9.17, 15) is 0 Å². The zero-order valence-electron chi connectivity index (χ0n) is 8.64. The van der Waals surface area contributed by atoms with Crippen LogP contribution in [0.25, 0.3) is 0 Å². The summed E-state index contributed by atoms with van der Waals surface area (Å²) >= 11 is 3.49. The van der Waals surface area contributed by atoms with Gasteiger partial charge in [-0.25, -0.2) is 0 Å². The molecule has 0 unspecified atom stereocenters. The number of hydrogen-bond donors (Lipinski definition) is 0. The second kappa shape index (κ2) is 5.20. The average molecular weight is 255 g/mol. The van der Waals surface area contributed by atoms with Crippen LogP contribution in [0.15, 0.2) is 29.3 Å². The van der Waals surface area contributed by atoms with Gasteiger partial charge < -0.3 is 4.74 Å². The van der Waals surface area contributed by atoms with E-state index in [0.29, 0.717) is 6.61 Å². The Morgan fingerprint density at radius 3 is 2.71 bits per heavy atom. The first-order chi connectivity index (χ1) is 6.65. The molecule has 2 heteroatoms. The van der Waals surface area contributed by atoms with E-state index in [4.69, 9.17) is 4.74 Å². The molecule has 0 aliphatic carbocycles. The Hall–Kier alpha value is -0.760. The van der Waals surface area contributed by atoms with Crippen molar-refractivity contribution >= 4 is 15.9 Å². The highest BCUT2D eigenvalue weighted by molar-refractivity contribution is 9.10. The molecule has 1 aromatic carbocycles. The first kappa shape index (κ1) is 11.3. The van der Waals surface area contributed by atoms with Crippen molar-refractivity contribution in [2.45, 2.75) is 20.3 Å². The van der Waals surface area contributed by atoms with Crippen molar-refractivity contribution in [2.75, 3.05) is 6.61 Å². The van der Waals surface area contributed by atoms with E-state index in [-0.39, 0.29) is 0 Å². The van der Waals surface area contributed by atoms with Crippen LogP contribution in [-0.4, -0.2) is 6.61 Å². The molecule has 0 saturated heterocycles. The molecule has 0 heterocycles. The molecule has 0 bridgehead atoms. The Balaban J connectivity index is 2.76. The van der Waals surface area contributed by atoms with Gasteiger partial charge >= 0.3 is 0 Å². The van der Waals surface area contributed by atoms with Crippen LogP contribution in [0.2, 0.25) is 0 Å². The maximum atomic E-state index is 5.61. The summed E-state index contributed by atoms with van der Waals surface area (Å²) in [5.41, 5.74) is 2.41. The number of halogens is 1. The molecule has 0 amide bonds. The number of ether oxygens (including phenoxy) is 1. The van der Waals surface area contributed by atoms with Crippen LogP contribution in [-0.2, 0) is 0 Å². The second-order valence-corrected chi connectivity index (χ2v) is 4.15. The lowest BCUT2D eigenvalue weighted by atomic mass is 10.1. The molecule has 0 N–H and O–H groups in total. The van der Waals surface area contributed by atoms with E-state index < -0.39 is 0 Å². The first-order valence-corrected chi connectivity index (χ1v) is 5.45. The van der Waals surface area contributed by atoms with Gasteiger partial charge in [-0.15, -0.1) is 6.58 Å². The fourth-order valence-corrected chi connectivity index (χ4v) is 1.54. The summed E-state index contributed by atoms with van der Waals surface area (Å²) in [6.07, 6.45) is 2.74. The van der Waals surface area contributed by atoms with E-state index in [2.05, 4.69) is 42.4 Å². The van der Waals surface area contributed by atoms with Crippen LogP contribution < -0.4 is 4.74 Å². The minimum Gasteiger partial charge on any atom is -0.493 e. The van der Waals surface area contributed by atoms with Gasteiger partial charge in [-0.2, -0.15) is 0 Å². The van der Waals surface area contributed by atoms with Crippen molar-refractivity contribution in [1.29, 1.82) is 0 Å². The maximum Gasteiger partial charge on any atom is 0.123 e. The summed E-state index contributed by atoms with van der Waals surface area (Å²) in [6, 6.07) is 4.14. The molecule has 0 aliphatic rings. The van der Waals surface area contributed by atoms with Gasteiger partial charge in [-0.1, -0.05) is 28.1 Å². The summed E-state index contributed by atoms with van der Waals surface area (Å²) in [7, 11) is 0. The quantitative estimate of drug-likeness (QED) is 0.583. The summed E-state index contributed by atoms with van der Waals surface area (Å²) in [6.45, 7) is 8.48. The molecule has 0 spiro atoms. The Morgan fingerprint density at radius 1 is 1.36 bits per heavy atom. The molecule has 0 aliphatic heterocycles. The van der Waals surface area contributed by atoms with E-state index in [1.165, 1.54) is 11.1 Å². The van der Waals surface area contributed by atoms with Crippen molar-refractivity contribution in [3.63, 3.8) is 0 Å². The van der Waals surface area contributed by atoms with Crippen LogP contribution in [0.1, 0.15) is 17.5 Å².